The Morgan fingerprint density at radius 3 is 2.74 bits per heavy atom. The van der Waals surface area contributed by atoms with Crippen LogP contribution in [0, 0.1) is 23.6 Å². The maximum atomic E-state index is 13.4. The van der Waals surface area contributed by atoms with Crippen molar-refractivity contribution in [2.45, 2.75) is 32.6 Å². The third kappa shape index (κ3) is 3.49. The van der Waals surface area contributed by atoms with E-state index in [1.165, 1.54) is 18.9 Å². The van der Waals surface area contributed by atoms with Crippen molar-refractivity contribution in [3.8, 4) is 0 Å². The van der Waals surface area contributed by atoms with Crippen molar-refractivity contribution in [3.05, 3.63) is 29.6 Å². The number of pyridine rings is 1. The summed E-state index contributed by atoms with van der Waals surface area (Å²) >= 11 is 0. The summed E-state index contributed by atoms with van der Waals surface area (Å²) in [5, 5.41) is 2.68. The molecule has 1 aliphatic carbocycles. The molecule has 0 aliphatic heterocycles. The molecule has 1 aliphatic rings. The van der Waals surface area contributed by atoms with Gasteiger partial charge in [0.1, 0.15) is 0 Å². The summed E-state index contributed by atoms with van der Waals surface area (Å²) in [5.41, 5.74) is -0.281. The highest BCUT2D eigenvalue weighted by Gasteiger charge is 2.20. The number of hydrogen-bond acceptors (Lipinski definition) is 2. The van der Waals surface area contributed by atoms with Gasteiger partial charge in [0.15, 0.2) is 5.82 Å². The van der Waals surface area contributed by atoms with Gasteiger partial charge < -0.3 is 5.32 Å². The molecule has 0 saturated heterocycles. The number of nitrogens with zero attached hydrogens (tertiary/aromatic N) is 1. The van der Waals surface area contributed by atoms with E-state index in [-0.39, 0.29) is 5.56 Å². The number of hydrogen-bond donors (Lipinski definition) is 1. The van der Waals surface area contributed by atoms with E-state index in [4.69, 9.17) is 0 Å². The average molecular weight is 268 g/mol. The monoisotopic (exact) mass is 268 g/mol. The van der Waals surface area contributed by atoms with E-state index in [9.17, 15) is 13.6 Å². The Morgan fingerprint density at radius 2 is 2.05 bits per heavy atom. The summed E-state index contributed by atoms with van der Waals surface area (Å²) in [5.74, 6) is -1.80. The fraction of sp³-hybridized carbons (Fsp3) is 0.571. The minimum Gasteiger partial charge on any atom is -0.352 e. The molecule has 1 saturated carbocycles. The SMILES string of the molecule is CC1CCC(CNC(=O)c2ccnc(F)c2F)CC1. The number of rotatable bonds is 3. The first-order chi connectivity index (χ1) is 9.08. The lowest BCUT2D eigenvalue weighted by Crippen LogP contribution is -2.31. The van der Waals surface area contributed by atoms with Gasteiger partial charge in [-0.25, -0.2) is 9.37 Å². The van der Waals surface area contributed by atoms with Crippen molar-refractivity contribution in [1.29, 1.82) is 0 Å². The molecule has 1 fully saturated rings. The Bertz CT molecular complexity index is 457. The lowest BCUT2D eigenvalue weighted by molar-refractivity contribution is 0.0936. The van der Waals surface area contributed by atoms with Crippen LogP contribution >= 0.6 is 0 Å². The maximum absolute atomic E-state index is 13.4. The molecule has 5 heteroatoms. The van der Waals surface area contributed by atoms with Crippen LogP contribution in [0.4, 0.5) is 8.78 Å². The molecule has 0 radical (unpaired) electrons. The molecule has 0 spiro atoms. The molecular weight excluding hydrogens is 250 g/mol. The van der Waals surface area contributed by atoms with Gasteiger partial charge in [0.05, 0.1) is 5.56 Å². The van der Waals surface area contributed by atoms with Crippen molar-refractivity contribution in [2.24, 2.45) is 11.8 Å². The Morgan fingerprint density at radius 1 is 1.37 bits per heavy atom. The molecule has 0 aromatic carbocycles. The zero-order chi connectivity index (χ0) is 13.8. The van der Waals surface area contributed by atoms with E-state index >= 15 is 0 Å². The molecule has 104 valence electrons. The van der Waals surface area contributed by atoms with Crippen LogP contribution in [-0.2, 0) is 0 Å². The van der Waals surface area contributed by atoms with Crippen LogP contribution in [0.15, 0.2) is 12.3 Å². The number of nitrogens with one attached hydrogen (secondary N) is 1. The Kier molecular flexibility index (Phi) is 4.45. The molecule has 0 unspecified atom stereocenters. The summed E-state index contributed by atoms with van der Waals surface area (Å²) in [6.45, 7) is 2.75. The highest BCUT2D eigenvalue weighted by molar-refractivity contribution is 5.94. The Balaban J connectivity index is 1.89. The van der Waals surface area contributed by atoms with Crippen LogP contribution < -0.4 is 5.32 Å². The first-order valence-electron chi connectivity index (χ1n) is 6.66. The van der Waals surface area contributed by atoms with Crippen LogP contribution in [0.2, 0.25) is 0 Å². The molecule has 1 heterocycles. The molecule has 19 heavy (non-hydrogen) atoms. The van der Waals surface area contributed by atoms with Gasteiger partial charge in [0.2, 0.25) is 5.95 Å². The normalized spacial score (nSPS) is 23.1. The standard InChI is InChI=1S/C14H18F2N2O/c1-9-2-4-10(5-3-9)8-18-14(19)11-6-7-17-13(16)12(11)15/h6-7,9-10H,2-5,8H2,1H3,(H,18,19). The zero-order valence-corrected chi connectivity index (χ0v) is 11.0. The number of halogens is 2. The van der Waals surface area contributed by atoms with Crippen LogP contribution in [-0.4, -0.2) is 17.4 Å². The van der Waals surface area contributed by atoms with Gasteiger partial charge in [-0.3, -0.25) is 4.79 Å². The summed E-state index contributed by atoms with van der Waals surface area (Å²) in [6.07, 6.45) is 5.58. The van der Waals surface area contributed by atoms with Crippen molar-refractivity contribution >= 4 is 5.91 Å². The van der Waals surface area contributed by atoms with Gasteiger partial charge in [-0.2, -0.15) is 4.39 Å². The summed E-state index contributed by atoms with van der Waals surface area (Å²) in [4.78, 5) is 14.9. The van der Waals surface area contributed by atoms with Gasteiger partial charge >= 0.3 is 0 Å². The van der Waals surface area contributed by atoms with Gasteiger partial charge in [-0.05, 0) is 30.7 Å². The van der Waals surface area contributed by atoms with Crippen molar-refractivity contribution in [1.82, 2.24) is 10.3 Å². The minimum absolute atomic E-state index is 0.281. The molecule has 0 atom stereocenters. The number of aromatic nitrogens is 1. The van der Waals surface area contributed by atoms with Gasteiger partial charge in [0, 0.05) is 12.7 Å². The van der Waals surface area contributed by atoms with E-state index in [1.807, 2.05) is 0 Å². The fourth-order valence-electron chi connectivity index (χ4n) is 2.46. The van der Waals surface area contributed by atoms with Gasteiger partial charge in [0.25, 0.3) is 5.91 Å². The molecule has 1 N–H and O–H groups in total. The van der Waals surface area contributed by atoms with Crippen LogP contribution in [0.3, 0.4) is 0 Å². The van der Waals surface area contributed by atoms with E-state index in [0.29, 0.717) is 12.5 Å². The maximum Gasteiger partial charge on any atom is 0.254 e. The first-order valence-corrected chi connectivity index (χ1v) is 6.66. The predicted octanol–water partition coefficient (Wildman–Crippen LogP) is 2.92. The second-order valence-corrected chi connectivity index (χ2v) is 5.30. The Hall–Kier alpha value is -1.52. The lowest BCUT2D eigenvalue weighted by atomic mass is 9.83. The third-order valence-corrected chi connectivity index (χ3v) is 3.78. The molecule has 1 amide bonds. The number of carbonyl (C=O) groups excluding carboxylic acids is 1. The zero-order valence-electron chi connectivity index (χ0n) is 11.0. The summed E-state index contributed by atoms with van der Waals surface area (Å²) in [7, 11) is 0. The minimum atomic E-state index is -1.24. The van der Waals surface area contributed by atoms with E-state index < -0.39 is 17.7 Å². The molecule has 1 aromatic rings. The van der Waals surface area contributed by atoms with Crippen molar-refractivity contribution in [2.75, 3.05) is 6.54 Å². The molecule has 2 rings (SSSR count). The number of carbonyl (C=O) groups is 1. The predicted molar refractivity (Wildman–Crippen MR) is 67.6 cm³/mol. The second kappa shape index (κ2) is 6.08. The van der Waals surface area contributed by atoms with E-state index in [1.54, 1.807) is 0 Å². The molecule has 1 aromatic heterocycles. The highest BCUT2D eigenvalue weighted by Crippen LogP contribution is 2.27. The molecule has 0 bridgehead atoms. The fourth-order valence-corrected chi connectivity index (χ4v) is 2.46. The topological polar surface area (TPSA) is 42.0 Å². The highest BCUT2D eigenvalue weighted by atomic mass is 19.2. The summed E-state index contributed by atoms with van der Waals surface area (Å²) in [6, 6.07) is 1.19. The van der Waals surface area contributed by atoms with Gasteiger partial charge in [-0.1, -0.05) is 19.8 Å². The van der Waals surface area contributed by atoms with E-state index in [2.05, 4.69) is 17.2 Å². The van der Waals surface area contributed by atoms with E-state index in [0.717, 1.165) is 25.0 Å². The Labute approximate surface area is 111 Å². The van der Waals surface area contributed by atoms with Crippen LogP contribution in [0.25, 0.3) is 0 Å². The summed E-state index contributed by atoms with van der Waals surface area (Å²) < 4.78 is 26.3. The van der Waals surface area contributed by atoms with Crippen molar-refractivity contribution < 1.29 is 13.6 Å². The average Bonchev–Trinajstić information content (AvgIpc) is 2.41. The first kappa shape index (κ1) is 13.9. The third-order valence-electron chi connectivity index (χ3n) is 3.78. The largest absolute Gasteiger partial charge is 0.352 e. The molecule has 3 nitrogen and oxygen atoms in total. The van der Waals surface area contributed by atoms with Crippen molar-refractivity contribution in [3.63, 3.8) is 0 Å². The second-order valence-electron chi connectivity index (χ2n) is 5.30. The van der Waals surface area contributed by atoms with Crippen LogP contribution in [0.1, 0.15) is 43.0 Å². The molecular formula is C14H18F2N2O. The smallest absolute Gasteiger partial charge is 0.254 e. The quantitative estimate of drug-likeness (QED) is 0.856. The van der Waals surface area contributed by atoms with Gasteiger partial charge in [-0.15, -0.1) is 0 Å². The van der Waals surface area contributed by atoms with Crippen LogP contribution in [0.5, 0.6) is 0 Å². The lowest BCUT2D eigenvalue weighted by Gasteiger charge is -2.26. The number of amides is 1.